The maximum Gasteiger partial charge on any atom is 0.259 e. The molecule has 0 spiro atoms. The second-order valence-corrected chi connectivity index (χ2v) is 7.85. The van der Waals surface area contributed by atoms with Gasteiger partial charge >= 0.3 is 0 Å². The third kappa shape index (κ3) is 4.24. The number of phenolic OH excluding ortho intramolecular Hbond substituents is 1. The van der Waals surface area contributed by atoms with Gasteiger partial charge in [0.25, 0.3) is 5.91 Å². The number of nitrogens with zero attached hydrogens (tertiary/aromatic N) is 2. The fourth-order valence-corrected chi connectivity index (χ4v) is 4.18. The SMILES string of the molecule is COc1cc(C)cc(C(=O)Nc2ccc(-c3csc(N4CCOCC4)n3)cc2)c1O. The molecule has 1 aliphatic heterocycles. The molecular weight excluding hydrogens is 402 g/mol. The van der Waals surface area contributed by atoms with Crippen molar-refractivity contribution in [1.29, 1.82) is 0 Å². The molecular formula is C22H23N3O4S. The van der Waals surface area contributed by atoms with Crippen LogP contribution in [0.2, 0.25) is 0 Å². The van der Waals surface area contributed by atoms with Crippen molar-refractivity contribution in [2.45, 2.75) is 6.92 Å². The van der Waals surface area contributed by atoms with E-state index in [2.05, 4.69) is 10.2 Å². The number of rotatable bonds is 5. The number of hydrogen-bond acceptors (Lipinski definition) is 7. The van der Waals surface area contributed by atoms with E-state index in [1.54, 1.807) is 23.5 Å². The highest BCUT2D eigenvalue weighted by atomic mass is 32.1. The van der Waals surface area contributed by atoms with E-state index in [-0.39, 0.29) is 17.1 Å². The minimum absolute atomic E-state index is 0.171. The Balaban J connectivity index is 1.47. The van der Waals surface area contributed by atoms with Crippen LogP contribution < -0.4 is 15.0 Å². The van der Waals surface area contributed by atoms with Crippen LogP contribution in [0.1, 0.15) is 15.9 Å². The number of methoxy groups -OCH3 is 1. The number of carbonyl (C=O) groups is 1. The third-order valence-corrected chi connectivity index (χ3v) is 5.80. The molecule has 0 saturated carbocycles. The van der Waals surface area contributed by atoms with E-state index in [4.69, 9.17) is 14.5 Å². The van der Waals surface area contributed by atoms with Crippen molar-refractivity contribution in [3.05, 3.63) is 52.9 Å². The molecule has 4 rings (SSSR count). The summed E-state index contributed by atoms with van der Waals surface area (Å²) in [5.74, 6) is -0.295. The molecule has 2 N–H and O–H groups in total. The van der Waals surface area contributed by atoms with Crippen LogP contribution in [0.25, 0.3) is 11.3 Å². The molecule has 8 heteroatoms. The van der Waals surface area contributed by atoms with Gasteiger partial charge in [-0.25, -0.2) is 4.98 Å². The summed E-state index contributed by atoms with van der Waals surface area (Å²) < 4.78 is 10.5. The van der Waals surface area contributed by atoms with Gasteiger partial charge in [0.1, 0.15) is 0 Å². The van der Waals surface area contributed by atoms with E-state index in [1.807, 2.05) is 36.6 Å². The largest absolute Gasteiger partial charge is 0.504 e. The summed E-state index contributed by atoms with van der Waals surface area (Å²) in [6, 6.07) is 10.8. The van der Waals surface area contributed by atoms with Crippen molar-refractivity contribution in [2.75, 3.05) is 43.6 Å². The number of phenols is 1. The summed E-state index contributed by atoms with van der Waals surface area (Å²) in [6.45, 7) is 5.01. The van der Waals surface area contributed by atoms with Crippen molar-refractivity contribution in [3.63, 3.8) is 0 Å². The number of hydrogen-bond donors (Lipinski definition) is 2. The lowest BCUT2D eigenvalue weighted by Gasteiger charge is -2.26. The summed E-state index contributed by atoms with van der Waals surface area (Å²) in [5, 5.41) is 16.1. The molecule has 7 nitrogen and oxygen atoms in total. The Kier molecular flexibility index (Phi) is 5.87. The highest BCUT2D eigenvalue weighted by molar-refractivity contribution is 7.14. The van der Waals surface area contributed by atoms with Gasteiger partial charge in [-0.05, 0) is 36.8 Å². The maximum atomic E-state index is 12.6. The van der Waals surface area contributed by atoms with Gasteiger partial charge < -0.3 is 24.8 Å². The van der Waals surface area contributed by atoms with Crippen LogP contribution in [0.3, 0.4) is 0 Å². The van der Waals surface area contributed by atoms with Gasteiger partial charge in [0.15, 0.2) is 16.6 Å². The molecule has 3 aromatic rings. The number of aromatic hydroxyl groups is 1. The number of morpholine rings is 1. The topological polar surface area (TPSA) is 83.9 Å². The van der Waals surface area contributed by atoms with Gasteiger partial charge in [-0.2, -0.15) is 0 Å². The van der Waals surface area contributed by atoms with Crippen molar-refractivity contribution >= 4 is 28.1 Å². The molecule has 0 bridgehead atoms. The normalized spacial score (nSPS) is 13.9. The van der Waals surface area contributed by atoms with Crippen molar-refractivity contribution < 1.29 is 19.4 Å². The lowest BCUT2D eigenvalue weighted by Crippen LogP contribution is -2.36. The standard InChI is InChI=1S/C22H23N3O4S/c1-14-11-17(20(26)19(12-14)28-2)21(27)23-16-5-3-15(4-6-16)18-13-30-22(24-18)25-7-9-29-10-8-25/h3-6,11-13,26H,7-10H2,1-2H3,(H,23,27). The number of nitrogens with one attached hydrogen (secondary N) is 1. The van der Waals surface area contributed by atoms with Crippen LogP contribution in [-0.2, 0) is 4.74 Å². The van der Waals surface area contributed by atoms with Crippen molar-refractivity contribution in [3.8, 4) is 22.8 Å². The number of aromatic nitrogens is 1. The predicted molar refractivity (Wildman–Crippen MR) is 118 cm³/mol. The molecule has 0 unspecified atom stereocenters. The van der Waals surface area contributed by atoms with E-state index in [0.717, 1.165) is 48.3 Å². The van der Waals surface area contributed by atoms with E-state index >= 15 is 0 Å². The Morgan fingerprint density at radius 3 is 2.67 bits per heavy atom. The lowest BCUT2D eigenvalue weighted by molar-refractivity contribution is 0.102. The first-order valence-corrected chi connectivity index (χ1v) is 10.5. The lowest BCUT2D eigenvalue weighted by atomic mass is 10.1. The Labute approximate surface area is 178 Å². The van der Waals surface area contributed by atoms with E-state index in [1.165, 1.54) is 7.11 Å². The van der Waals surface area contributed by atoms with Gasteiger partial charge in [0, 0.05) is 29.7 Å². The molecule has 0 radical (unpaired) electrons. The number of aryl methyl sites for hydroxylation is 1. The monoisotopic (exact) mass is 425 g/mol. The molecule has 2 heterocycles. The summed E-state index contributed by atoms with van der Waals surface area (Å²) in [7, 11) is 1.46. The minimum Gasteiger partial charge on any atom is -0.504 e. The van der Waals surface area contributed by atoms with E-state index in [0.29, 0.717) is 5.69 Å². The molecule has 0 atom stereocenters. The average Bonchev–Trinajstić information content (AvgIpc) is 3.26. The highest BCUT2D eigenvalue weighted by Crippen LogP contribution is 2.32. The number of benzene rings is 2. The highest BCUT2D eigenvalue weighted by Gasteiger charge is 2.17. The minimum atomic E-state index is -0.398. The Bertz CT molecular complexity index is 1040. The number of amides is 1. The quantitative estimate of drug-likeness (QED) is 0.645. The van der Waals surface area contributed by atoms with Gasteiger partial charge in [0.05, 0.1) is 31.6 Å². The molecule has 1 aromatic heterocycles. The summed E-state index contributed by atoms with van der Waals surface area (Å²) in [6.07, 6.45) is 0. The zero-order chi connectivity index (χ0) is 21.1. The zero-order valence-electron chi connectivity index (χ0n) is 16.8. The summed E-state index contributed by atoms with van der Waals surface area (Å²) >= 11 is 1.62. The molecule has 156 valence electrons. The first-order chi connectivity index (χ1) is 14.5. The van der Waals surface area contributed by atoms with Gasteiger partial charge in [-0.1, -0.05) is 12.1 Å². The summed E-state index contributed by atoms with van der Waals surface area (Å²) in [4.78, 5) is 19.6. The molecule has 30 heavy (non-hydrogen) atoms. The van der Waals surface area contributed by atoms with E-state index < -0.39 is 5.91 Å². The number of carbonyl (C=O) groups excluding carboxylic acids is 1. The fourth-order valence-electron chi connectivity index (χ4n) is 3.29. The van der Waals surface area contributed by atoms with Crippen LogP contribution in [0.4, 0.5) is 10.8 Å². The number of thiazole rings is 1. The molecule has 2 aromatic carbocycles. The van der Waals surface area contributed by atoms with Crippen LogP contribution in [0, 0.1) is 6.92 Å². The van der Waals surface area contributed by atoms with Gasteiger partial charge in [-0.3, -0.25) is 4.79 Å². The average molecular weight is 426 g/mol. The predicted octanol–water partition coefficient (Wildman–Crippen LogP) is 3.92. The Hall–Kier alpha value is -3.10. The molecule has 1 aliphatic rings. The third-order valence-electron chi connectivity index (χ3n) is 4.90. The Morgan fingerprint density at radius 2 is 1.97 bits per heavy atom. The Morgan fingerprint density at radius 1 is 1.23 bits per heavy atom. The first kappa shape index (κ1) is 20.2. The van der Waals surface area contributed by atoms with Crippen LogP contribution >= 0.6 is 11.3 Å². The van der Waals surface area contributed by atoms with Crippen LogP contribution in [-0.4, -0.2) is 49.4 Å². The van der Waals surface area contributed by atoms with E-state index in [9.17, 15) is 9.90 Å². The van der Waals surface area contributed by atoms with Crippen LogP contribution in [0.15, 0.2) is 41.8 Å². The van der Waals surface area contributed by atoms with Gasteiger partial charge in [0.2, 0.25) is 0 Å². The second kappa shape index (κ2) is 8.73. The van der Waals surface area contributed by atoms with Crippen molar-refractivity contribution in [2.24, 2.45) is 0 Å². The number of ether oxygens (including phenoxy) is 2. The maximum absolute atomic E-state index is 12.6. The smallest absolute Gasteiger partial charge is 0.259 e. The molecule has 0 aliphatic carbocycles. The summed E-state index contributed by atoms with van der Waals surface area (Å²) in [5.41, 5.74) is 3.51. The van der Waals surface area contributed by atoms with Crippen LogP contribution in [0.5, 0.6) is 11.5 Å². The molecule has 1 saturated heterocycles. The first-order valence-electron chi connectivity index (χ1n) is 9.63. The second-order valence-electron chi connectivity index (χ2n) is 7.01. The van der Waals surface area contributed by atoms with Crippen molar-refractivity contribution in [1.82, 2.24) is 4.98 Å². The zero-order valence-corrected chi connectivity index (χ0v) is 17.7. The van der Waals surface area contributed by atoms with Gasteiger partial charge in [-0.15, -0.1) is 11.3 Å². The fraction of sp³-hybridized carbons (Fsp3) is 0.273. The molecule has 1 fully saturated rings. The number of anilines is 2. The molecule has 1 amide bonds.